The number of likely N-dealkylation sites (tertiary alicyclic amines) is 1. The van der Waals surface area contributed by atoms with Crippen molar-refractivity contribution in [2.24, 2.45) is 0 Å². The van der Waals surface area contributed by atoms with Gasteiger partial charge in [-0.25, -0.2) is 13.8 Å². The van der Waals surface area contributed by atoms with E-state index in [1.165, 1.54) is 21.9 Å². The monoisotopic (exact) mass is 380 g/mol. The number of fused-ring (bicyclic) bond motifs is 1. The first-order chi connectivity index (χ1) is 12.4. The van der Waals surface area contributed by atoms with Gasteiger partial charge in [-0.1, -0.05) is 17.4 Å². The summed E-state index contributed by atoms with van der Waals surface area (Å²) in [5.41, 5.74) is 0.539. The molecule has 0 aliphatic carbocycles. The third-order valence-electron chi connectivity index (χ3n) is 4.68. The Morgan fingerprint density at radius 1 is 1.23 bits per heavy atom. The summed E-state index contributed by atoms with van der Waals surface area (Å²) >= 11 is 1.27. The molecule has 2 aromatic heterocycles. The molecule has 3 heterocycles. The maximum absolute atomic E-state index is 13.9. The maximum Gasteiger partial charge on any atom is 0.230 e. The van der Waals surface area contributed by atoms with Crippen LogP contribution in [0.15, 0.2) is 18.2 Å². The quantitative estimate of drug-likeness (QED) is 0.731. The van der Waals surface area contributed by atoms with E-state index >= 15 is 0 Å². The molecule has 6 nitrogen and oxygen atoms in total. The standard InChI is InChI=1S/C17H18F2N4O2S/c1-9-20-17-23(21-9)16(25)15(26-17)14(22-6-4-11(24)5-7-22)10-2-3-12(18)13(19)8-10/h2-3,8,11,14,24-25H,4-7H2,1H3/t14-/m1/s1. The molecule has 9 heteroatoms. The van der Waals surface area contributed by atoms with Crippen molar-refractivity contribution >= 4 is 16.3 Å². The van der Waals surface area contributed by atoms with E-state index in [-0.39, 0.29) is 12.0 Å². The van der Waals surface area contributed by atoms with E-state index in [9.17, 15) is 19.0 Å². The van der Waals surface area contributed by atoms with Crippen LogP contribution in [0.25, 0.3) is 4.96 Å². The van der Waals surface area contributed by atoms with Crippen LogP contribution in [0.5, 0.6) is 5.88 Å². The second-order valence-corrected chi connectivity index (χ2v) is 7.50. The van der Waals surface area contributed by atoms with Crippen LogP contribution in [0, 0.1) is 18.6 Å². The van der Waals surface area contributed by atoms with E-state index in [1.54, 1.807) is 6.92 Å². The first-order valence-electron chi connectivity index (χ1n) is 8.36. The number of aliphatic hydroxyl groups is 1. The Hall–Kier alpha value is -2.10. The van der Waals surface area contributed by atoms with Gasteiger partial charge in [0.1, 0.15) is 5.82 Å². The van der Waals surface area contributed by atoms with E-state index in [0.29, 0.717) is 47.2 Å². The van der Waals surface area contributed by atoms with Gasteiger partial charge in [0.05, 0.1) is 17.0 Å². The normalized spacial score (nSPS) is 17.8. The number of benzene rings is 1. The largest absolute Gasteiger partial charge is 0.492 e. The van der Waals surface area contributed by atoms with Gasteiger partial charge in [0.2, 0.25) is 10.8 Å². The number of hydrogen-bond acceptors (Lipinski definition) is 6. The van der Waals surface area contributed by atoms with Crippen LogP contribution >= 0.6 is 11.3 Å². The summed E-state index contributed by atoms with van der Waals surface area (Å²) in [5, 5.41) is 24.6. The first-order valence-corrected chi connectivity index (χ1v) is 9.18. The van der Waals surface area contributed by atoms with Crippen LogP contribution in [-0.4, -0.2) is 48.9 Å². The number of hydrogen-bond donors (Lipinski definition) is 2. The molecule has 0 radical (unpaired) electrons. The number of aliphatic hydroxyl groups excluding tert-OH is 1. The molecule has 0 spiro atoms. The molecule has 3 aromatic rings. The Morgan fingerprint density at radius 2 is 1.96 bits per heavy atom. The summed E-state index contributed by atoms with van der Waals surface area (Å²) in [5.74, 6) is -1.35. The van der Waals surface area contributed by atoms with Crippen LogP contribution in [0.2, 0.25) is 0 Å². The lowest BCUT2D eigenvalue weighted by Gasteiger charge is -2.36. The number of aryl methyl sites for hydroxylation is 1. The zero-order valence-corrected chi connectivity index (χ0v) is 14.9. The number of thiazole rings is 1. The summed E-state index contributed by atoms with van der Waals surface area (Å²) in [6, 6.07) is 3.31. The van der Waals surface area contributed by atoms with Gasteiger partial charge < -0.3 is 10.2 Å². The van der Waals surface area contributed by atoms with Crippen molar-refractivity contribution < 1.29 is 19.0 Å². The molecular weight excluding hydrogens is 362 g/mol. The first kappa shape index (κ1) is 17.3. The Morgan fingerprint density at radius 3 is 2.62 bits per heavy atom. The third-order valence-corrected chi connectivity index (χ3v) is 5.75. The number of aromatic nitrogens is 3. The van der Waals surface area contributed by atoms with Crippen molar-refractivity contribution in [3.8, 4) is 5.88 Å². The molecule has 0 amide bonds. The van der Waals surface area contributed by atoms with Crippen LogP contribution in [-0.2, 0) is 0 Å². The summed E-state index contributed by atoms with van der Waals surface area (Å²) in [6.45, 7) is 2.89. The average molecular weight is 380 g/mol. The molecule has 0 unspecified atom stereocenters. The minimum atomic E-state index is -0.931. The highest BCUT2D eigenvalue weighted by molar-refractivity contribution is 7.17. The Balaban J connectivity index is 1.82. The molecule has 1 aliphatic heterocycles. The molecule has 1 fully saturated rings. The van der Waals surface area contributed by atoms with Gasteiger partial charge in [0.15, 0.2) is 11.6 Å². The van der Waals surface area contributed by atoms with Crippen molar-refractivity contribution in [3.05, 3.63) is 46.1 Å². The molecule has 1 aromatic carbocycles. The van der Waals surface area contributed by atoms with Crippen LogP contribution in [0.4, 0.5) is 8.78 Å². The van der Waals surface area contributed by atoms with Gasteiger partial charge in [-0.3, -0.25) is 4.90 Å². The Labute approximate surface area is 152 Å². The van der Waals surface area contributed by atoms with Crippen LogP contribution in [0.1, 0.15) is 35.1 Å². The molecule has 26 heavy (non-hydrogen) atoms. The van der Waals surface area contributed by atoms with Crippen LogP contribution in [0.3, 0.4) is 0 Å². The fourth-order valence-corrected chi connectivity index (χ4v) is 4.54. The zero-order chi connectivity index (χ0) is 18.4. The fourth-order valence-electron chi connectivity index (χ4n) is 3.38. The van der Waals surface area contributed by atoms with E-state index < -0.39 is 17.7 Å². The van der Waals surface area contributed by atoms with Crippen molar-refractivity contribution in [3.63, 3.8) is 0 Å². The van der Waals surface area contributed by atoms with Crippen molar-refractivity contribution in [2.75, 3.05) is 13.1 Å². The lowest BCUT2D eigenvalue weighted by atomic mass is 9.99. The molecule has 0 saturated carbocycles. The van der Waals surface area contributed by atoms with Gasteiger partial charge in [-0.15, -0.1) is 5.10 Å². The Bertz CT molecular complexity index is 950. The number of rotatable bonds is 3. The molecular formula is C17H18F2N4O2S. The van der Waals surface area contributed by atoms with Gasteiger partial charge in [-0.05, 0) is 37.5 Å². The minimum absolute atomic E-state index is 0.0496. The van der Waals surface area contributed by atoms with Gasteiger partial charge >= 0.3 is 0 Å². The van der Waals surface area contributed by atoms with E-state index in [4.69, 9.17) is 0 Å². The molecule has 1 saturated heterocycles. The van der Waals surface area contributed by atoms with E-state index in [0.717, 1.165) is 12.1 Å². The predicted molar refractivity (Wildman–Crippen MR) is 92.3 cm³/mol. The number of nitrogens with zero attached hydrogens (tertiary/aromatic N) is 4. The van der Waals surface area contributed by atoms with Crippen molar-refractivity contribution in [2.45, 2.75) is 31.9 Å². The molecule has 138 valence electrons. The number of piperidine rings is 1. The highest BCUT2D eigenvalue weighted by Gasteiger charge is 2.32. The number of halogens is 2. The maximum atomic E-state index is 13.9. The fraction of sp³-hybridized carbons (Fsp3) is 0.412. The lowest BCUT2D eigenvalue weighted by Crippen LogP contribution is -2.38. The molecule has 2 N–H and O–H groups in total. The molecule has 1 aliphatic rings. The minimum Gasteiger partial charge on any atom is -0.492 e. The van der Waals surface area contributed by atoms with E-state index in [2.05, 4.69) is 15.0 Å². The highest BCUT2D eigenvalue weighted by Crippen LogP contribution is 2.41. The zero-order valence-electron chi connectivity index (χ0n) is 14.1. The second-order valence-electron chi connectivity index (χ2n) is 6.49. The van der Waals surface area contributed by atoms with Crippen molar-refractivity contribution in [1.29, 1.82) is 0 Å². The lowest BCUT2D eigenvalue weighted by molar-refractivity contribution is 0.0688. The smallest absolute Gasteiger partial charge is 0.230 e. The summed E-state index contributed by atoms with van der Waals surface area (Å²) in [4.78, 5) is 7.44. The summed E-state index contributed by atoms with van der Waals surface area (Å²) in [7, 11) is 0. The van der Waals surface area contributed by atoms with Gasteiger partial charge in [-0.2, -0.15) is 4.52 Å². The average Bonchev–Trinajstić information content (AvgIpc) is 3.11. The highest BCUT2D eigenvalue weighted by atomic mass is 32.1. The summed E-state index contributed by atoms with van der Waals surface area (Å²) in [6.07, 6.45) is 0.803. The van der Waals surface area contributed by atoms with Gasteiger partial charge in [0, 0.05) is 13.1 Å². The molecule has 1 atom stereocenters. The van der Waals surface area contributed by atoms with E-state index in [1.807, 2.05) is 0 Å². The predicted octanol–water partition coefficient (Wildman–Crippen LogP) is 2.63. The SMILES string of the molecule is Cc1nc2sc([C@@H](c3ccc(F)c(F)c3)N3CCC(O)CC3)c(O)n2n1. The summed E-state index contributed by atoms with van der Waals surface area (Å²) < 4.78 is 28.6. The molecule has 4 rings (SSSR count). The topological polar surface area (TPSA) is 73.9 Å². The van der Waals surface area contributed by atoms with Gasteiger partial charge in [0.25, 0.3) is 0 Å². The van der Waals surface area contributed by atoms with Crippen molar-refractivity contribution in [1.82, 2.24) is 19.5 Å². The Kier molecular flexibility index (Phi) is 4.37. The molecule has 0 bridgehead atoms. The second kappa shape index (κ2) is 6.57. The number of aromatic hydroxyl groups is 1. The van der Waals surface area contributed by atoms with Crippen LogP contribution < -0.4 is 0 Å². The third kappa shape index (κ3) is 2.95.